The zero-order valence-corrected chi connectivity index (χ0v) is 12.4. The predicted molar refractivity (Wildman–Crippen MR) is 81.2 cm³/mol. The summed E-state index contributed by atoms with van der Waals surface area (Å²) in [6.45, 7) is 3.75. The van der Waals surface area contributed by atoms with Crippen LogP contribution in [-0.4, -0.2) is 56.1 Å². The molecule has 110 valence electrons. The minimum Gasteiger partial charge on any atom is -0.357 e. The maximum Gasteiger partial charge on any atom is 0.269 e. The SMILES string of the molecule is CN(C)CCCNC(=O)c1cccc(N2CCCC2)n1. The average molecular weight is 276 g/mol. The Balaban J connectivity index is 1.87. The lowest BCUT2D eigenvalue weighted by molar-refractivity contribution is 0.0947. The Labute approximate surface area is 121 Å². The largest absolute Gasteiger partial charge is 0.357 e. The molecule has 0 aliphatic carbocycles. The van der Waals surface area contributed by atoms with E-state index in [0.29, 0.717) is 12.2 Å². The first kappa shape index (κ1) is 14.8. The molecule has 0 bridgehead atoms. The minimum absolute atomic E-state index is 0.0789. The molecule has 1 N–H and O–H groups in total. The summed E-state index contributed by atoms with van der Waals surface area (Å²) in [5.41, 5.74) is 0.513. The quantitative estimate of drug-likeness (QED) is 0.797. The Morgan fingerprint density at radius 2 is 2.10 bits per heavy atom. The second-order valence-electron chi connectivity index (χ2n) is 5.49. The fourth-order valence-electron chi connectivity index (χ4n) is 2.36. The summed E-state index contributed by atoms with van der Waals surface area (Å²) in [5.74, 6) is 0.841. The second kappa shape index (κ2) is 7.24. The van der Waals surface area contributed by atoms with Gasteiger partial charge in [0.25, 0.3) is 5.91 Å². The van der Waals surface area contributed by atoms with Crippen LogP contribution in [0.1, 0.15) is 29.8 Å². The highest BCUT2D eigenvalue weighted by Gasteiger charge is 2.15. The van der Waals surface area contributed by atoms with Crippen molar-refractivity contribution < 1.29 is 4.79 Å². The molecular formula is C15H24N4O. The lowest BCUT2D eigenvalue weighted by Crippen LogP contribution is -2.28. The smallest absolute Gasteiger partial charge is 0.269 e. The molecule has 1 aliphatic heterocycles. The molecule has 0 saturated carbocycles. The number of anilines is 1. The number of rotatable bonds is 6. The highest BCUT2D eigenvalue weighted by atomic mass is 16.1. The van der Waals surface area contributed by atoms with Gasteiger partial charge < -0.3 is 15.1 Å². The highest BCUT2D eigenvalue weighted by Crippen LogP contribution is 2.17. The van der Waals surface area contributed by atoms with E-state index in [0.717, 1.165) is 31.9 Å². The lowest BCUT2D eigenvalue weighted by Gasteiger charge is -2.16. The van der Waals surface area contributed by atoms with Gasteiger partial charge in [0.05, 0.1) is 0 Å². The third-order valence-corrected chi connectivity index (χ3v) is 3.46. The van der Waals surface area contributed by atoms with E-state index in [1.54, 1.807) is 6.07 Å². The molecule has 1 aliphatic rings. The minimum atomic E-state index is -0.0789. The molecule has 0 radical (unpaired) electrons. The third-order valence-electron chi connectivity index (χ3n) is 3.46. The van der Waals surface area contributed by atoms with Gasteiger partial charge in [-0.05, 0) is 52.0 Å². The van der Waals surface area contributed by atoms with Crippen molar-refractivity contribution in [3.05, 3.63) is 23.9 Å². The highest BCUT2D eigenvalue weighted by molar-refractivity contribution is 5.92. The van der Waals surface area contributed by atoms with Crippen molar-refractivity contribution in [1.29, 1.82) is 0 Å². The van der Waals surface area contributed by atoms with Gasteiger partial charge in [-0.2, -0.15) is 0 Å². The summed E-state index contributed by atoms with van der Waals surface area (Å²) in [6, 6.07) is 5.67. The number of pyridine rings is 1. The first-order chi connectivity index (χ1) is 9.66. The van der Waals surface area contributed by atoms with Crippen LogP contribution < -0.4 is 10.2 Å². The zero-order chi connectivity index (χ0) is 14.4. The molecule has 1 aromatic rings. The Morgan fingerprint density at radius 3 is 2.80 bits per heavy atom. The van der Waals surface area contributed by atoms with Crippen LogP contribution in [0.4, 0.5) is 5.82 Å². The van der Waals surface area contributed by atoms with Gasteiger partial charge in [-0.15, -0.1) is 0 Å². The monoisotopic (exact) mass is 276 g/mol. The van der Waals surface area contributed by atoms with Crippen molar-refractivity contribution in [2.24, 2.45) is 0 Å². The molecule has 2 heterocycles. The van der Waals surface area contributed by atoms with Crippen LogP contribution in [0, 0.1) is 0 Å². The van der Waals surface area contributed by atoms with E-state index in [2.05, 4.69) is 20.1 Å². The van der Waals surface area contributed by atoms with Gasteiger partial charge in [0, 0.05) is 19.6 Å². The molecule has 0 aromatic carbocycles. The molecule has 2 rings (SSSR count). The molecule has 0 unspecified atom stereocenters. The van der Waals surface area contributed by atoms with Crippen molar-refractivity contribution in [3.63, 3.8) is 0 Å². The molecule has 5 nitrogen and oxygen atoms in total. The van der Waals surface area contributed by atoms with Crippen LogP contribution in [0.3, 0.4) is 0 Å². The number of hydrogen-bond donors (Lipinski definition) is 1. The molecule has 1 saturated heterocycles. The van der Waals surface area contributed by atoms with E-state index in [9.17, 15) is 4.79 Å². The van der Waals surface area contributed by atoms with Crippen LogP contribution in [0.15, 0.2) is 18.2 Å². The summed E-state index contributed by atoms with van der Waals surface area (Å²) < 4.78 is 0. The van der Waals surface area contributed by atoms with Gasteiger partial charge in [0.2, 0.25) is 0 Å². The van der Waals surface area contributed by atoms with Crippen LogP contribution in [0.5, 0.6) is 0 Å². The first-order valence-corrected chi connectivity index (χ1v) is 7.32. The number of amides is 1. The van der Waals surface area contributed by atoms with Gasteiger partial charge in [-0.1, -0.05) is 6.07 Å². The van der Waals surface area contributed by atoms with E-state index >= 15 is 0 Å². The van der Waals surface area contributed by atoms with Gasteiger partial charge in [-0.25, -0.2) is 4.98 Å². The number of hydrogen-bond acceptors (Lipinski definition) is 4. The first-order valence-electron chi connectivity index (χ1n) is 7.32. The number of carbonyl (C=O) groups is 1. The predicted octanol–water partition coefficient (Wildman–Crippen LogP) is 1.36. The second-order valence-corrected chi connectivity index (χ2v) is 5.49. The molecule has 0 atom stereocenters. The summed E-state index contributed by atoms with van der Waals surface area (Å²) in [6.07, 6.45) is 3.37. The summed E-state index contributed by atoms with van der Waals surface area (Å²) >= 11 is 0. The summed E-state index contributed by atoms with van der Waals surface area (Å²) in [7, 11) is 4.06. The van der Waals surface area contributed by atoms with Crippen LogP contribution in [-0.2, 0) is 0 Å². The molecule has 0 spiro atoms. The Bertz CT molecular complexity index is 441. The van der Waals surface area contributed by atoms with E-state index in [1.165, 1.54) is 12.8 Å². The van der Waals surface area contributed by atoms with Gasteiger partial charge in [0.1, 0.15) is 11.5 Å². The van der Waals surface area contributed by atoms with Gasteiger partial charge in [-0.3, -0.25) is 4.79 Å². The molecule has 1 fully saturated rings. The number of aromatic nitrogens is 1. The van der Waals surface area contributed by atoms with Crippen molar-refractivity contribution in [2.45, 2.75) is 19.3 Å². The van der Waals surface area contributed by atoms with E-state index in [4.69, 9.17) is 0 Å². The number of nitrogens with one attached hydrogen (secondary N) is 1. The van der Waals surface area contributed by atoms with Gasteiger partial charge >= 0.3 is 0 Å². The normalized spacial score (nSPS) is 14.8. The molecule has 1 aromatic heterocycles. The van der Waals surface area contributed by atoms with Crippen LogP contribution >= 0.6 is 0 Å². The van der Waals surface area contributed by atoms with Crippen molar-refractivity contribution in [3.8, 4) is 0 Å². The Kier molecular flexibility index (Phi) is 5.35. The summed E-state index contributed by atoms with van der Waals surface area (Å²) in [4.78, 5) is 20.9. The fourth-order valence-corrected chi connectivity index (χ4v) is 2.36. The fraction of sp³-hybridized carbons (Fsp3) is 0.600. The van der Waals surface area contributed by atoms with Gasteiger partial charge in [0.15, 0.2) is 0 Å². The maximum absolute atomic E-state index is 12.1. The average Bonchev–Trinajstić information content (AvgIpc) is 2.97. The third kappa shape index (κ3) is 4.20. The Hall–Kier alpha value is -1.62. The standard InChI is InChI=1S/C15H24N4O/c1-18(2)10-6-9-16-15(20)13-7-5-8-14(17-13)19-11-3-4-12-19/h5,7-8H,3-4,6,9-12H2,1-2H3,(H,16,20). The van der Waals surface area contributed by atoms with E-state index < -0.39 is 0 Å². The number of carbonyl (C=O) groups excluding carboxylic acids is 1. The number of nitrogens with zero attached hydrogens (tertiary/aromatic N) is 3. The van der Waals surface area contributed by atoms with Crippen molar-refractivity contribution >= 4 is 11.7 Å². The van der Waals surface area contributed by atoms with Crippen molar-refractivity contribution in [1.82, 2.24) is 15.2 Å². The maximum atomic E-state index is 12.1. The topological polar surface area (TPSA) is 48.5 Å². The van der Waals surface area contributed by atoms with Crippen molar-refractivity contribution in [2.75, 3.05) is 45.2 Å². The van der Waals surface area contributed by atoms with Crippen LogP contribution in [0.25, 0.3) is 0 Å². The molecule has 1 amide bonds. The lowest BCUT2D eigenvalue weighted by atomic mass is 10.3. The van der Waals surface area contributed by atoms with Crippen LogP contribution in [0.2, 0.25) is 0 Å². The molecular weight excluding hydrogens is 252 g/mol. The molecule has 5 heteroatoms. The zero-order valence-electron chi connectivity index (χ0n) is 12.4. The van der Waals surface area contributed by atoms with E-state index in [1.807, 2.05) is 26.2 Å². The summed E-state index contributed by atoms with van der Waals surface area (Å²) in [5, 5.41) is 2.93. The molecule has 20 heavy (non-hydrogen) atoms. The Morgan fingerprint density at radius 1 is 1.35 bits per heavy atom. The van der Waals surface area contributed by atoms with E-state index in [-0.39, 0.29) is 5.91 Å².